The Balaban J connectivity index is 1.57. The molecule has 0 bridgehead atoms. The minimum absolute atomic E-state index is 0.0871. The molecule has 8 heteroatoms. The molecular weight excluding hydrogens is 400 g/mol. The van der Waals surface area contributed by atoms with Crippen molar-refractivity contribution in [2.45, 2.75) is 6.42 Å². The normalized spacial score (nSPS) is 11.1. The summed E-state index contributed by atoms with van der Waals surface area (Å²) in [7, 11) is 3.26. The van der Waals surface area contributed by atoms with E-state index in [4.69, 9.17) is 9.72 Å². The Hall–Kier alpha value is -3.23. The highest BCUT2D eigenvalue weighted by Gasteiger charge is 2.13. The summed E-state index contributed by atoms with van der Waals surface area (Å²) in [6, 6.07) is 13.0. The van der Waals surface area contributed by atoms with Gasteiger partial charge in [0.2, 0.25) is 0 Å². The summed E-state index contributed by atoms with van der Waals surface area (Å²) in [5, 5.41) is 5.52. The predicted molar refractivity (Wildman–Crippen MR) is 118 cm³/mol. The average molecular weight is 423 g/mol. The number of ether oxygens (including phenoxy) is 1. The first kappa shape index (κ1) is 20.1. The zero-order valence-corrected chi connectivity index (χ0v) is 17.6. The molecule has 0 aliphatic rings. The Morgan fingerprint density at radius 3 is 2.60 bits per heavy atom. The lowest BCUT2D eigenvalue weighted by molar-refractivity contribution is 0.0945. The van der Waals surface area contributed by atoms with E-state index in [1.165, 1.54) is 0 Å². The molecule has 4 rings (SSSR count). The number of nitrogens with zero attached hydrogens (tertiary/aromatic N) is 2. The third-order valence-corrected chi connectivity index (χ3v) is 5.85. The van der Waals surface area contributed by atoms with Gasteiger partial charge in [-0.1, -0.05) is 23.5 Å². The molecule has 2 N–H and O–H groups in total. The van der Waals surface area contributed by atoms with E-state index in [2.05, 4.69) is 10.6 Å². The van der Waals surface area contributed by atoms with E-state index >= 15 is 0 Å². The van der Waals surface area contributed by atoms with Crippen LogP contribution in [0.1, 0.15) is 27.1 Å². The quantitative estimate of drug-likeness (QED) is 0.448. The molecule has 2 heterocycles. The average Bonchev–Trinajstić information content (AvgIpc) is 3.33. The first-order valence-corrected chi connectivity index (χ1v) is 10.4. The number of aromatic nitrogens is 2. The fourth-order valence-corrected chi connectivity index (χ4v) is 4.29. The molecule has 2 amide bonds. The number of rotatable bonds is 7. The Morgan fingerprint density at radius 1 is 1.10 bits per heavy atom. The maximum Gasteiger partial charge on any atom is 0.251 e. The highest BCUT2D eigenvalue weighted by Crippen LogP contribution is 2.30. The zero-order valence-electron chi connectivity index (χ0n) is 16.8. The summed E-state index contributed by atoms with van der Waals surface area (Å²) in [5.74, 6) is -0.201. The van der Waals surface area contributed by atoms with Gasteiger partial charge in [-0.25, -0.2) is 4.98 Å². The van der Waals surface area contributed by atoms with Crippen LogP contribution in [0.25, 0.3) is 26.4 Å². The Morgan fingerprint density at radius 2 is 1.87 bits per heavy atom. The van der Waals surface area contributed by atoms with Crippen LogP contribution in [0, 0.1) is 0 Å². The van der Waals surface area contributed by atoms with Crippen LogP contribution in [0.3, 0.4) is 0 Å². The number of carbonyl (C=O) groups excluding carboxylic acids is 2. The van der Waals surface area contributed by atoms with Gasteiger partial charge in [-0.3, -0.25) is 14.0 Å². The number of nitrogens with one attached hydrogen (secondary N) is 2. The molecule has 2 aromatic carbocycles. The van der Waals surface area contributed by atoms with Crippen molar-refractivity contribution in [3.05, 3.63) is 59.8 Å². The second-order valence-electron chi connectivity index (χ2n) is 6.82. The highest BCUT2D eigenvalue weighted by molar-refractivity contribution is 7.23. The monoisotopic (exact) mass is 422 g/mol. The van der Waals surface area contributed by atoms with Crippen molar-refractivity contribution in [2.75, 3.05) is 27.3 Å². The SMILES string of the molecule is CNC(=O)c1ccc(-c2cn3c(n2)sc2cc(C(=O)NCCCOC)ccc23)cc1. The minimum atomic E-state index is -0.114. The molecule has 0 aliphatic heterocycles. The predicted octanol–water partition coefficient (Wildman–Crippen LogP) is 3.34. The summed E-state index contributed by atoms with van der Waals surface area (Å²) in [5.41, 5.74) is 4.03. The largest absolute Gasteiger partial charge is 0.385 e. The lowest BCUT2D eigenvalue weighted by atomic mass is 10.1. The first-order chi connectivity index (χ1) is 14.6. The lowest BCUT2D eigenvalue weighted by Crippen LogP contribution is -2.25. The minimum Gasteiger partial charge on any atom is -0.385 e. The van der Waals surface area contributed by atoms with Crippen LogP contribution in [0.15, 0.2) is 48.7 Å². The molecule has 0 saturated heterocycles. The van der Waals surface area contributed by atoms with Gasteiger partial charge < -0.3 is 15.4 Å². The van der Waals surface area contributed by atoms with Crippen molar-refractivity contribution in [3.63, 3.8) is 0 Å². The maximum atomic E-state index is 12.3. The second kappa shape index (κ2) is 8.64. The van der Waals surface area contributed by atoms with Crippen LogP contribution in [-0.2, 0) is 4.74 Å². The van der Waals surface area contributed by atoms with E-state index in [0.717, 1.165) is 32.9 Å². The van der Waals surface area contributed by atoms with Gasteiger partial charge in [0.15, 0.2) is 4.96 Å². The van der Waals surface area contributed by atoms with E-state index in [1.54, 1.807) is 37.6 Å². The molecule has 0 atom stereocenters. The second-order valence-corrected chi connectivity index (χ2v) is 7.83. The van der Waals surface area contributed by atoms with Gasteiger partial charge in [0, 0.05) is 50.2 Å². The molecule has 0 aliphatic carbocycles. The van der Waals surface area contributed by atoms with Crippen LogP contribution >= 0.6 is 11.3 Å². The fraction of sp³-hybridized carbons (Fsp3) is 0.227. The molecule has 0 unspecified atom stereocenters. The van der Waals surface area contributed by atoms with Crippen molar-refractivity contribution in [3.8, 4) is 11.3 Å². The molecule has 2 aromatic heterocycles. The molecular formula is C22H22N4O3S. The number of fused-ring (bicyclic) bond motifs is 3. The van der Waals surface area contributed by atoms with Crippen molar-refractivity contribution < 1.29 is 14.3 Å². The van der Waals surface area contributed by atoms with Gasteiger partial charge in [-0.05, 0) is 36.8 Å². The Kier molecular flexibility index (Phi) is 5.78. The molecule has 0 spiro atoms. The molecule has 4 aromatic rings. The topological polar surface area (TPSA) is 84.7 Å². The maximum absolute atomic E-state index is 12.3. The zero-order chi connectivity index (χ0) is 21.1. The fourth-order valence-electron chi connectivity index (χ4n) is 3.24. The molecule has 7 nitrogen and oxygen atoms in total. The molecule has 154 valence electrons. The number of carbonyl (C=O) groups is 2. The van der Waals surface area contributed by atoms with Gasteiger partial charge in [0.05, 0.1) is 15.9 Å². The number of amides is 2. The van der Waals surface area contributed by atoms with E-state index in [9.17, 15) is 9.59 Å². The number of hydrogen-bond acceptors (Lipinski definition) is 5. The number of thiazole rings is 1. The van der Waals surface area contributed by atoms with Gasteiger partial charge >= 0.3 is 0 Å². The molecule has 30 heavy (non-hydrogen) atoms. The van der Waals surface area contributed by atoms with Crippen LogP contribution in [0.2, 0.25) is 0 Å². The smallest absolute Gasteiger partial charge is 0.251 e. The lowest BCUT2D eigenvalue weighted by Gasteiger charge is -2.05. The highest BCUT2D eigenvalue weighted by atomic mass is 32.1. The van der Waals surface area contributed by atoms with Gasteiger partial charge in [0.1, 0.15) is 0 Å². The summed E-state index contributed by atoms with van der Waals surface area (Å²) in [6.45, 7) is 1.21. The van der Waals surface area contributed by atoms with Gasteiger partial charge in [0.25, 0.3) is 11.8 Å². The van der Waals surface area contributed by atoms with E-state index in [0.29, 0.717) is 24.3 Å². The number of methoxy groups -OCH3 is 1. The van der Waals surface area contributed by atoms with Gasteiger partial charge in [-0.2, -0.15) is 0 Å². The third kappa shape index (κ3) is 3.92. The van der Waals surface area contributed by atoms with Crippen LogP contribution < -0.4 is 10.6 Å². The van der Waals surface area contributed by atoms with Crippen LogP contribution in [-0.4, -0.2) is 48.5 Å². The van der Waals surface area contributed by atoms with Crippen molar-refractivity contribution in [2.24, 2.45) is 0 Å². The van der Waals surface area contributed by atoms with E-state index in [-0.39, 0.29) is 11.8 Å². The van der Waals surface area contributed by atoms with E-state index < -0.39 is 0 Å². The van der Waals surface area contributed by atoms with Crippen LogP contribution in [0.5, 0.6) is 0 Å². The van der Waals surface area contributed by atoms with Crippen molar-refractivity contribution in [1.82, 2.24) is 20.0 Å². The summed E-state index contributed by atoms with van der Waals surface area (Å²) in [6.07, 6.45) is 2.76. The van der Waals surface area contributed by atoms with Crippen molar-refractivity contribution in [1.29, 1.82) is 0 Å². The summed E-state index contributed by atoms with van der Waals surface area (Å²) in [4.78, 5) is 29.6. The third-order valence-electron chi connectivity index (χ3n) is 4.84. The summed E-state index contributed by atoms with van der Waals surface area (Å²) >= 11 is 1.54. The molecule has 0 fully saturated rings. The first-order valence-electron chi connectivity index (χ1n) is 9.62. The van der Waals surface area contributed by atoms with Crippen LogP contribution in [0.4, 0.5) is 0 Å². The molecule has 0 radical (unpaired) electrons. The van der Waals surface area contributed by atoms with Gasteiger partial charge in [-0.15, -0.1) is 0 Å². The standard InChI is InChI=1S/C22H22N4O3S/c1-23-20(27)15-6-4-14(5-7-15)17-13-26-18-9-8-16(12-19(18)30-22(26)25-17)21(28)24-10-3-11-29-2/h4-9,12-13H,3,10-11H2,1-2H3,(H,23,27)(H,24,28). The Labute approximate surface area is 177 Å². The van der Waals surface area contributed by atoms with Crippen molar-refractivity contribution >= 4 is 38.3 Å². The Bertz CT molecular complexity index is 1210. The van der Waals surface area contributed by atoms with E-state index in [1.807, 2.05) is 40.9 Å². The summed E-state index contributed by atoms with van der Waals surface area (Å²) < 4.78 is 8.03. The molecule has 0 saturated carbocycles. The number of hydrogen-bond donors (Lipinski definition) is 2. The number of imidazole rings is 1. The number of benzene rings is 2.